The number of ether oxygens (including phenoxy) is 1. The van der Waals surface area contributed by atoms with Gasteiger partial charge in [-0.3, -0.25) is 9.48 Å². The first-order chi connectivity index (χ1) is 11.8. The Morgan fingerprint density at radius 3 is 3.08 bits per heavy atom. The predicted molar refractivity (Wildman–Crippen MR) is 94.3 cm³/mol. The Morgan fingerprint density at radius 1 is 1.38 bits per heavy atom. The largest absolute Gasteiger partial charge is 0.385 e. The molecule has 1 aliphatic rings. The molecular weight excluding hydrogens is 322 g/mol. The van der Waals surface area contributed by atoms with Crippen molar-refractivity contribution < 1.29 is 9.53 Å². The Labute approximate surface area is 144 Å². The first-order valence-corrected chi connectivity index (χ1v) is 8.87. The average molecular weight is 341 g/mol. The summed E-state index contributed by atoms with van der Waals surface area (Å²) in [5.74, 6) is 0.103. The molecule has 0 fully saturated rings. The van der Waals surface area contributed by atoms with Crippen molar-refractivity contribution in [2.45, 2.75) is 19.0 Å². The van der Waals surface area contributed by atoms with E-state index >= 15 is 0 Å². The highest BCUT2D eigenvalue weighted by atomic mass is 32.1. The van der Waals surface area contributed by atoms with Gasteiger partial charge in [0.1, 0.15) is 0 Å². The highest BCUT2D eigenvalue weighted by Crippen LogP contribution is 2.29. The standard InChI is InChI=1S/C18H19N3O2S/c1-23-9-7-15-12-20(11-14-6-8-19-21(14)15)18(22)17-10-13-4-2-3-5-16(13)24-17/h2-6,8,10,15H,7,9,11-12H2,1H3. The molecule has 24 heavy (non-hydrogen) atoms. The van der Waals surface area contributed by atoms with E-state index in [0.717, 1.165) is 27.1 Å². The van der Waals surface area contributed by atoms with Crippen molar-refractivity contribution in [3.8, 4) is 0 Å². The maximum Gasteiger partial charge on any atom is 0.264 e. The smallest absolute Gasteiger partial charge is 0.264 e. The summed E-state index contributed by atoms with van der Waals surface area (Å²) in [6.45, 7) is 1.94. The third-order valence-electron chi connectivity index (χ3n) is 4.46. The van der Waals surface area contributed by atoms with Gasteiger partial charge in [0.2, 0.25) is 0 Å². The normalized spacial score (nSPS) is 17.2. The van der Waals surface area contributed by atoms with Gasteiger partial charge in [-0.2, -0.15) is 5.10 Å². The second kappa shape index (κ2) is 6.37. The van der Waals surface area contributed by atoms with Gasteiger partial charge in [0, 0.05) is 31.2 Å². The van der Waals surface area contributed by atoms with Crippen LogP contribution in [0.4, 0.5) is 0 Å². The minimum atomic E-state index is 0.103. The van der Waals surface area contributed by atoms with Crippen LogP contribution in [0.25, 0.3) is 10.1 Å². The summed E-state index contributed by atoms with van der Waals surface area (Å²) in [7, 11) is 1.70. The highest BCUT2D eigenvalue weighted by molar-refractivity contribution is 7.20. The van der Waals surface area contributed by atoms with Crippen LogP contribution in [0.5, 0.6) is 0 Å². The minimum Gasteiger partial charge on any atom is -0.385 e. The summed E-state index contributed by atoms with van der Waals surface area (Å²) < 4.78 is 8.40. The molecule has 6 heteroatoms. The zero-order chi connectivity index (χ0) is 16.5. The molecule has 4 rings (SSSR count). The zero-order valence-corrected chi connectivity index (χ0v) is 14.3. The Balaban J connectivity index is 1.60. The molecular formula is C18H19N3O2S. The number of thiophene rings is 1. The van der Waals surface area contributed by atoms with Crippen LogP contribution >= 0.6 is 11.3 Å². The lowest BCUT2D eigenvalue weighted by Gasteiger charge is -2.33. The Bertz CT molecular complexity index is 837. The number of rotatable bonds is 4. The van der Waals surface area contributed by atoms with E-state index in [-0.39, 0.29) is 11.9 Å². The van der Waals surface area contributed by atoms with Crippen LogP contribution in [0, 0.1) is 0 Å². The number of amides is 1. The fraction of sp³-hybridized carbons (Fsp3) is 0.333. The van der Waals surface area contributed by atoms with Gasteiger partial charge in [0.05, 0.1) is 23.2 Å². The Morgan fingerprint density at radius 2 is 2.25 bits per heavy atom. The molecule has 0 spiro atoms. The summed E-state index contributed by atoms with van der Waals surface area (Å²) in [6.07, 6.45) is 2.66. The van der Waals surface area contributed by atoms with Gasteiger partial charge in [0.25, 0.3) is 5.91 Å². The SMILES string of the molecule is COCCC1CN(C(=O)c2cc3ccccc3s2)Cc2ccnn21. The van der Waals surface area contributed by atoms with Gasteiger partial charge >= 0.3 is 0 Å². The molecule has 0 saturated heterocycles. The minimum absolute atomic E-state index is 0.103. The molecule has 1 aliphatic heterocycles. The van der Waals surface area contributed by atoms with Gasteiger partial charge in [0.15, 0.2) is 0 Å². The van der Waals surface area contributed by atoms with E-state index in [1.165, 1.54) is 0 Å². The van der Waals surface area contributed by atoms with Crippen LogP contribution in [-0.2, 0) is 11.3 Å². The summed E-state index contributed by atoms with van der Waals surface area (Å²) in [5, 5.41) is 5.55. The zero-order valence-electron chi connectivity index (χ0n) is 13.5. The molecule has 0 N–H and O–H groups in total. The molecule has 2 aromatic heterocycles. The number of carbonyl (C=O) groups is 1. The van der Waals surface area contributed by atoms with E-state index in [2.05, 4.69) is 17.2 Å². The first-order valence-electron chi connectivity index (χ1n) is 8.05. The molecule has 0 radical (unpaired) electrons. The molecule has 1 atom stereocenters. The quantitative estimate of drug-likeness (QED) is 0.731. The monoisotopic (exact) mass is 341 g/mol. The fourth-order valence-electron chi connectivity index (χ4n) is 3.25. The van der Waals surface area contributed by atoms with E-state index in [1.54, 1.807) is 18.4 Å². The van der Waals surface area contributed by atoms with Gasteiger partial charge in [-0.1, -0.05) is 18.2 Å². The van der Waals surface area contributed by atoms with E-state index < -0.39 is 0 Å². The molecule has 1 unspecified atom stereocenters. The number of benzene rings is 1. The topological polar surface area (TPSA) is 47.4 Å². The number of methoxy groups -OCH3 is 1. The van der Waals surface area contributed by atoms with Gasteiger partial charge in [-0.15, -0.1) is 11.3 Å². The summed E-state index contributed by atoms with van der Waals surface area (Å²) in [6, 6.07) is 12.3. The van der Waals surface area contributed by atoms with Crippen molar-refractivity contribution >= 4 is 27.3 Å². The molecule has 1 aromatic carbocycles. The molecule has 3 heterocycles. The number of hydrogen-bond donors (Lipinski definition) is 0. The maximum atomic E-state index is 13.0. The number of nitrogens with zero attached hydrogens (tertiary/aromatic N) is 3. The second-order valence-corrected chi connectivity index (χ2v) is 7.12. The van der Waals surface area contributed by atoms with Crippen molar-refractivity contribution in [2.24, 2.45) is 0 Å². The third kappa shape index (κ3) is 2.72. The van der Waals surface area contributed by atoms with Crippen molar-refractivity contribution in [2.75, 3.05) is 20.3 Å². The summed E-state index contributed by atoms with van der Waals surface area (Å²) in [5.41, 5.74) is 1.08. The van der Waals surface area contributed by atoms with Crippen molar-refractivity contribution in [3.05, 3.63) is 53.2 Å². The van der Waals surface area contributed by atoms with Crippen LogP contribution in [0.3, 0.4) is 0 Å². The Kier molecular flexibility index (Phi) is 4.08. The van der Waals surface area contributed by atoms with Crippen LogP contribution in [0.1, 0.15) is 27.8 Å². The van der Waals surface area contributed by atoms with E-state index in [9.17, 15) is 4.79 Å². The molecule has 1 amide bonds. The summed E-state index contributed by atoms with van der Waals surface area (Å²) >= 11 is 1.56. The lowest BCUT2D eigenvalue weighted by Crippen LogP contribution is -2.41. The number of hydrogen-bond acceptors (Lipinski definition) is 4. The van der Waals surface area contributed by atoms with E-state index in [1.807, 2.05) is 40.0 Å². The maximum absolute atomic E-state index is 13.0. The van der Waals surface area contributed by atoms with E-state index in [0.29, 0.717) is 19.7 Å². The molecule has 0 saturated carbocycles. The molecule has 0 bridgehead atoms. The summed E-state index contributed by atoms with van der Waals surface area (Å²) in [4.78, 5) is 15.7. The lowest BCUT2D eigenvalue weighted by atomic mass is 10.1. The van der Waals surface area contributed by atoms with Crippen molar-refractivity contribution in [3.63, 3.8) is 0 Å². The van der Waals surface area contributed by atoms with Crippen LogP contribution in [-0.4, -0.2) is 40.8 Å². The molecule has 0 aliphatic carbocycles. The van der Waals surface area contributed by atoms with Crippen molar-refractivity contribution in [1.82, 2.24) is 14.7 Å². The van der Waals surface area contributed by atoms with Gasteiger partial charge in [-0.05, 0) is 30.0 Å². The fourth-order valence-corrected chi connectivity index (χ4v) is 4.28. The first kappa shape index (κ1) is 15.4. The average Bonchev–Trinajstić information content (AvgIpc) is 3.25. The molecule has 124 valence electrons. The third-order valence-corrected chi connectivity index (χ3v) is 5.56. The molecule has 5 nitrogen and oxygen atoms in total. The Hall–Kier alpha value is -2.18. The van der Waals surface area contributed by atoms with Crippen LogP contribution in [0.15, 0.2) is 42.6 Å². The lowest BCUT2D eigenvalue weighted by molar-refractivity contribution is 0.0646. The predicted octanol–water partition coefficient (Wildman–Crippen LogP) is 3.33. The van der Waals surface area contributed by atoms with Gasteiger partial charge < -0.3 is 9.64 Å². The molecule has 3 aromatic rings. The number of carbonyl (C=O) groups excluding carboxylic acids is 1. The van der Waals surface area contributed by atoms with Crippen LogP contribution < -0.4 is 0 Å². The number of aromatic nitrogens is 2. The second-order valence-electron chi connectivity index (χ2n) is 6.04. The number of fused-ring (bicyclic) bond motifs is 2. The van der Waals surface area contributed by atoms with Crippen LogP contribution in [0.2, 0.25) is 0 Å². The highest BCUT2D eigenvalue weighted by Gasteiger charge is 2.29. The van der Waals surface area contributed by atoms with E-state index in [4.69, 9.17) is 4.74 Å². The van der Waals surface area contributed by atoms with Gasteiger partial charge in [-0.25, -0.2) is 0 Å². The van der Waals surface area contributed by atoms with Crippen molar-refractivity contribution in [1.29, 1.82) is 0 Å².